The molecule has 0 aromatic heterocycles. The van der Waals surface area contributed by atoms with E-state index < -0.39 is 11.2 Å². The van der Waals surface area contributed by atoms with Crippen LogP contribution in [0.1, 0.15) is 17.5 Å². The second-order valence-corrected chi connectivity index (χ2v) is 5.17. The number of carboxylic acid groups (broad SMARTS) is 1. The smallest absolute Gasteiger partial charge is 0.316 e. The standard InChI is InChI=1S/C13H17NO2S/c1-14-6-2-3-10-7-9(4-5-11(10)14)8-12(17)13(15)16/h4-5,7,12,17H,2-3,6,8H2,1H3,(H,15,16). The molecule has 0 saturated heterocycles. The first-order chi connectivity index (χ1) is 8.08. The molecule has 1 heterocycles. The summed E-state index contributed by atoms with van der Waals surface area (Å²) in [5.41, 5.74) is 3.65. The summed E-state index contributed by atoms with van der Waals surface area (Å²) in [5, 5.41) is 8.22. The Hall–Kier alpha value is -1.16. The van der Waals surface area contributed by atoms with E-state index in [0.717, 1.165) is 24.9 Å². The van der Waals surface area contributed by atoms with Crippen molar-refractivity contribution in [3.63, 3.8) is 0 Å². The molecule has 1 aliphatic heterocycles. The number of nitrogens with zero attached hydrogens (tertiary/aromatic N) is 1. The summed E-state index contributed by atoms with van der Waals surface area (Å²) in [6, 6.07) is 6.22. The average molecular weight is 251 g/mol. The summed E-state index contributed by atoms with van der Waals surface area (Å²) in [7, 11) is 2.09. The van der Waals surface area contributed by atoms with Crippen LogP contribution < -0.4 is 4.90 Å². The van der Waals surface area contributed by atoms with Crippen LogP contribution in [0.15, 0.2) is 18.2 Å². The SMILES string of the molecule is CN1CCCc2cc(CC(S)C(=O)O)ccc21. The predicted octanol–water partition coefficient (Wildman–Crippen LogP) is 1.99. The van der Waals surface area contributed by atoms with Gasteiger partial charge in [0.2, 0.25) is 0 Å². The van der Waals surface area contributed by atoms with Crippen molar-refractivity contribution in [2.45, 2.75) is 24.5 Å². The lowest BCUT2D eigenvalue weighted by Crippen LogP contribution is -2.25. The van der Waals surface area contributed by atoms with Crippen LogP contribution in [0.4, 0.5) is 5.69 Å². The van der Waals surface area contributed by atoms with Crippen LogP contribution in [-0.4, -0.2) is 29.9 Å². The maximum Gasteiger partial charge on any atom is 0.316 e. The summed E-state index contributed by atoms with van der Waals surface area (Å²) in [6.45, 7) is 1.09. The first-order valence-electron chi connectivity index (χ1n) is 5.82. The number of anilines is 1. The van der Waals surface area contributed by atoms with Gasteiger partial charge in [0.05, 0.1) is 0 Å². The van der Waals surface area contributed by atoms with E-state index >= 15 is 0 Å². The molecule has 2 rings (SSSR count). The molecule has 17 heavy (non-hydrogen) atoms. The van der Waals surface area contributed by atoms with E-state index in [-0.39, 0.29) is 0 Å². The van der Waals surface area contributed by atoms with E-state index in [1.165, 1.54) is 11.3 Å². The molecule has 0 aliphatic carbocycles. The Bertz CT molecular complexity index is 433. The van der Waals surface area contributed by atoms with Gasteiger partial charge in [-0.2, -0.15) is 12.6 Å². The normalized spacial score (nSPS) is 16.5. The molecule has 0 radical (unpaired) electrons. The minimum atomic E-state index is -0.858. The number of rotatable bonds is 3. The summed E-state index contributed by atoms with van der Waals surface area (Å²) in [6.07, 6.45) is 2.73. The molecule has 0 bridgehead atoms. The molecular weight excluding hydrogens is 234 g/mol. The molecule has 1 atom stereocenters. The molecule has 1 unspecified atom stereocenters. The predicted molar refractivity (Wildman–Crippen MR) is 72.1 cm³/mol. The molecule has 1 aromatic carbocycles. The van der Waals surface area contributed by atoms with Crippen molar-refractivity contribution in [3.05, 3.63) is 29.3 Å². The van der Waals surface area contributed by atoms with E-state index in [2.05, 4.69) is 36.7 Å². The lowest BCUT2D eigenvalue weighted by molar-refractivity contribution is -0.136. The second kappa shape index (κ2) is 5.00. The fourth-order valence-electron chi connectivity index (χ4n) is 2.28. The molecule has 0 amide bonds. The van der Waals surface area contributed by atoms with Gasteiger partial charge >= 0.3 is 5.97 Å². The van der Waals surface area contributed by atoms with Crippen molar-refractivity contribution in [2.75, 3.05) is 18.5 Å². The van der Waals surface area contributed by atoms with Gasteiger partial charge in [-0.15, -0.1) is 0 Å². The number of carbonyl (C=O) groups is 1. The highest BCUT2D eigenvalue weighted by atomic mass is 32.1. The first-order valence-corrected chi connectivity index (χ1v) is 6.33. The molecule has 3 nitrogen and oxygen atoms in total. The monoisotopic (exact) mass is 251 g/mol. The Morgan fingerprint density at radius 2 is 2.35 bits per heavy atom. The van der Waals surface area contributed by atoms with Gasteiger partial charge in [0, 0.05) is 19.3 Å². The number of hydrogen-bond acceptors (Lipinski definition) is 3. The van der Waals surface area contributed by atoms with Gasteiger partial charge < -0.3 is 10.0 Å². The summed E-state index contributed by atoms with van der Waals surface area (Å²) in [4.78, 5) is 13.0. The number of carboxylic acids is 1. The zero-order valence-electron chi connectivity index (χ0n) is 9.89. The van der Waals surface area contributed by atoms with Crippen molar-refractivity contribution in [2.24, 2.45) is 0 Å². The number of fused-ring (bicyclic) bond motifs is 1. The fraction of sp³-hybridized carbons (Fsp3) is 0.462. The van der Waals surface area contributed by atoms with Crippen molar-refractivity contribution in [1.29, 1.82) is 0 Å². The van der Waals surface area contributed by atoms with Gasteiger partial charge in [-0.3, -0.25) is 4.79 Å². The van der Waals surface area contributed by atoms with E-state index in [9.17, 15) is 4.79 Å². The van der Waals surface area contributed by atoms with Crippen LogP contribution >= 0.6 is 12.6 Å². The van der Waals surface area contributed by atoms with Crippen molar-refractivity contribution in [3.8, 4) is 0 Å². The van der Waals surface area contributed by atoms with Crippen LogP contribution in [0.25, 0.3) is 0 Å². The van der Waals surface area contributed by atoms with Gasteiger partial charge in [-0.1, -0.05) is 12.1 Å². The number of benzene rings is 1. The van der Waals surface area contributed by atoms with E-state index in [1.807, 2.05) is 6.07 Å². The molecule has 0 spiro atoms. The molecule has 1 aliphatic rings. The highest BCUT2D eigenvalue weighted by Gasteiger charge is 2.16. The molecule has 1 N–H and O–H groups in total. The van der Waals surface area contributed by atoms with Gasteiger partial charge in [0.25, 0.3) is 0 Å². The van der Waals surface area contributed by atoms with Crippen LogP contribution in [-0.2, 0) is 17.6 Å². The topological polar surface area (TPSA) is 40.5 Å². The Balaban J connectivity index is 2.19. The molecule has 0 fully saturated rings. The largest absolute Gasteiger partial charge is 0.480 e. The Labute approximate surface area is 107 Å². The van der Waals surface area contributed by atoms with Crippen LogP contribution in [0.2, 0.25) is 0 Å². The lowest BCUT2D eigenvalue weighted by Gasteiger charge is -2.28. The molecular formula is C13H17NO2S. The van der Waals surface area contributed by atoms with Crippen molar-refractivity contribution >= 4 is 24.3 Å². The molecule has 92 valence electrons. The fourth-order valence-corrected chi connectivity index (χ4v) is 2.49. The zero-order chi connectivity index (χ0) is 12.4. The number of aryl methyl sites for hydroxylation is 1. The Morgan fingerprint density at radius 1 is 1.59 bits per heavy atom. The van der Waals surface area contributed by atoms with Gasteiger partial charge in [0.15, 0.2) is 0 Å². The maximum absolute atomic E-state index is 10.8. The van der Waals surface area contributed by atoms with Gasteiger partial charge in [-0.25, -0.2) is 0 Å². The number of thiol groups is 1. The highest BCUT2D eigenvalue weighted by Crippen LogP contribution is 2.27. The van der Waals surface area contributed by atoms with Crippen LogP contribution in [0, 0.1) is 0 Å². The Morgan fingerprint density at radius 3 is 3.06 bits per heavy atom. The number of hydrogen-bond donors (Lipinski definition) is 2. The summed E-state index contributed by atoms with van der Waals surface area (Å²) < 4.78 is 0. The lowest BCUT2D eigenvalue weighted by atomic mass is 9.98. The second-order valence-electron chi connectivity index (χ2n) is 4.55. The first kappa shape index (κ1) is 12.3. The van der Waals surface area contributed by atoms with Gasteiger partial charge in [-0.05, 0) is 36.5 Å². The van der Waals surface area contributed by atoms with Crippen LogP contribution in [0.3, 0.4) is 0 Å². The summed E-state index contributed by atoms with van der Waals surface area (Å²) >= 11 is 4.07. The minimum Gasteiger partial charge on any atom is -0.480 e. The van der Waals surface area contributed by atoms with Crippen molar-refractivity contribution in [1.82, 2.24) is 0 Å². The molecule has 0 saturated carbocycles. The molecule has 1 aromatic rings. The van der Waals surface area contributed by atoms with Gasteiger partial charge in [0.1, 0.15) is 5.25 Å². The highest BCUT2D eigenvalue weighted by molar-refractivity contribution is 7.81. The average Bonchev–Trinajstić information content (AvgIpc) is 2.29. The number of aliphatic carboxylic acids is 1. The Kier molecular flexibility index (Phi) is 3.62. The summed E-state index contributed by atoms with van der Waals surface area (Å²) in [5.74, 6) is -0.858. The minimum absolute atomic E-state index is 0.482. The third-order valence-electron chi connectivity index (χ3n) is 3.21. The van der Waals surface area contributed by atoms with E-state index in [0.29, 0.717) is 6.42 Å². The van der Waals surface area contributed by atoms with Crippen LogP contribution in [0.5, 0.6) is 0 Å². The third-order valence-corrected chi connectivity index (χ3v) is 3.61. The quantitative estimate of drug-likeness (QED) is 0.807. The molecule has 4 heteroatoms. The maximum atomic E-state index is 10.8. The third kappa shape index (κ3) is 2.75. The van der Waals surface area contributed by atoms with Crippen molar-refractivity contribution < 1.29 is 9.90 Å². The van der Waals surface area contributed by atoms with E-state index in [4.69, 9.17) is 5.11 Å². The van der Waals surface area contributed by atoms with E-state index in [1.54, 1.807) is 0 Å². The zero-order valence-corrected chi connectivity index (χ0v) is 10.8.